The van der Waals surface area contributed by atoms with Gasteiger partial charge in [0, 0.05) is 42.0 Å². The number of allylic oxidation sites excluding steroid dienone is 3. The minimum Gasteiger partial charge on any atom is -0.369 e. The van der Waals surface area contributed by atoms with Gasteiger partial charge in [-0.05, 0) is 82.2 Å². The van der Waals surface area contributed by atoms with E-state index in [2.05, 4.69) is 53.6 Å². The molecule has 0 aromatic heterocycles. The molecule has 194 valence electrons. The first-order valence-electron chi connectivity index (χ1n) is 13.8. The summed E-state index contributed by atoms with van der Waals surface area (Å²) in [6.07, 6.45) is 13.3. The molecule has 2 saturated heterocycles. The Morgan fingerprint density at radius 3 is 2.41 bits per heavy atom. The van der Waals surface area contributed by atoms with Crippen LogP contribution in [0.1, 0.15) is 60.5 Å². The van der Waals surface area contributed by atoms with E-state index in [4.69, 9.17) is 0 Å². The monoisotopic (exact) mass is 497 g/mol. The topological polar surface area (TPSA) is 52.7 Å². The summed E-state index contributed by atoms with van der Waals surface area (Å²) in [6.45, 7) is 8.00. The van der Waals surface area contributed by atoms with Crippen molar-refractivity contribution in [3.8, 4) is 0 Å². The van der Waals surface area contributed by atoms with Crippen molar-refractivity contribution >= 4 is 23.2 Å². The largest absolute Gasteiger partial charge is 0.369 e. The number of piperidine rings is 1. The van der Waals surface area contributed by atoms with E-state index in [1.807, 2.05) is 49.1 Å². The van der Waals surface area contributed by atoms with Crippen molar-refractivity contribution in [3.05, 3.63) is 83.5 Å². The van der Waals surface area contributed by atoms with Gasteiger partial charge in [0.2, 0.25) is 5.91 Å². The lowest BCUT2D eigenvalue weighted by molar-refractivity contribution is -0.123. The molecule has 5 nitrogen and oxygen atoms in total. The van der Waals surface area contributed by atoms with Crippen LogP contribution >= 0.6 is 0 Å². The highest BCUT2D eigenvalue weighted by Gasteiger charge is 2.42. The van der Waals surface area contributed by atoms with Crippen LogP contribution < -0.4 is 10.2 Å². The number of hydrogen-bond donors (Lipinski definition) is 1. The zero-order chi connectivity index (χ0) is 25.9. The van der Waals surface area contributed by atoms with E-state index < -0.39 is 0 Å². The van der Waals surface area contributed by atoms with Crippen LogP contribution in [0, 0.1) is 25.7 Å². The summed E-state index contributed by atoms with van der Waals surface area (Å²) >= 11 is 0. The second kappa shape index (κ2) is 11.0. The van der Waals surface area contributed by atoms with Gasteiger partial charge in [-0.2, -0.15) is 0 Å². The number of nitrogens with one attached hydrogen (secondary N) is 1. The summed E-state index contributed by atoms with van der Waals surface area (Å²) in [6, 6.07) is 14.6. The predicted molar refractivity (Wildman–Crippen MR) is 151 cm³/mol. The first-order chi connectivity index (χ1) is 17.9. The fourth-order valence-electron chi connectivity index (χ4n) is 6.53. The van der Waals surface area contributed by atoms with Crippen LogP contribution in [0.15, 0.2) is 66.8 Å². The highest BCUT2D eigenvalue weighted by Crippen LogP contribution is 2.36. The van der Waals surface area contributed by atoms with Crippen molar-refractivity contribution in [3.63, 3.8) is 0 Å². The number of likely N-dealkylation sites (tertiary alicyclic amines) is 1. The zero-order valence-corrected chi connectivity index (χ0v) is 22.3. The number of carbonyl (C=O) groups excluding carboxylic acids is 2. The van der Waals surface area contributed by atoms with Gasteiger partial charge >= 0.3 is 0 Å². The van der Waals surface area contributed by atoms with E-state index in [9.17, 15) is 9.59 Å². The maximum absolute atomic E-state index is 14.0. The fourth-order valence-corrected chi connectivity index (χ4v) is 6.53. The Morgan fingerprint density at radius 2 is 1.70 bits per heavy atom. The van der Waals surface area contributed by atoms with Gasteiger partial charge in [0.15, 0.2) is 0 Å². The average Bonchev–Trinajstić information content (AvgIpc) is 3.34. The maximum atomic E-state index is 14.0. The van der Waals surface area contributed by atoms with E-state index in [0.717, 1.165) is 53.9 Å². The van der Waals surface area contributed by atoms with Gasteiger partial charge < -0.3 is 15.1 Å². The smallest absolute Gasteiger partial charge is 0.254 e. The average molecular weight is 498 g/mol. The van der Waals surface area contributed by atoms with E-state index in [1.54, 1.807) is 0 Å². The third-order valence-corrected chi connectivity index (χ3v) is 8.43. The molecule has 2 heterocycles. The molecule has 2 aromatic rings. The second-order valence-corrected chi connectivity index (χ2v) is 10.9. The van der Waals surface area contributed by atoms with E-state index >= 15 is 0 Å². The normalized spacial score (nSPS) is 25.4. The fraction of sp³-hybridized carbons (Fsp3) is 0.438. The lowest BCUT2D eigenvalue weighted by Gasteiger charge is -2.44. The van der Waals surface area contributed by atoms with Gasteiger partial charge in [0.05, 0.1) is 12.0 Å². The standard InChI is InChI=1S/C32H39N3O2/c1-22-11-7-12-23(2)29(22)32(37)35-20-10-18-28(30(35)25-14-5-4-6-15-25)31(36)33-26-16-8-17-27(21-26)34-19-9-13-24(34)3/h4-8,11-12,14,16-17,21,24-25,28,30H,9-10,13,15,18-20H2,1-3H3,(H,33,36)/t24?,25?,28-,30-/m0/s1. The second-order valence-electron chi connectivity index (χ2n) is 10.9. The zero-order valence-electron chi connectivity index (χ0n) is 22.3. The molecule has 4 atom stereocenters. The van der Waals surface area contributed by atoms with Crippen LogP contribution in [-0.2, 0) is 4.79 Å². The number of aryl methyl sites for hydroxylation is 2. The Bertz CT molecular complexity index is 1200. The van der Waals surface area contributed by atoms with Gasteiger partial charge in [-0.25, -0.2) is 0 Å². The highest BCUT2D eigenvalue weighted by atomic mass is 16.2. The minimum atomic E-state index is -0.266. The van der Waals surface area contributed by atoms with E-state index in [1.165, 1.54) is 12.8 Å². The van der Waals surface area contributed by atoms with Crippen LogP contribution in [0.4, 0.5) is 11.4 Å². The number of hydrogen-bond acceptors (Lipinski definition) is 3. The minimum absolute atomic E-state index is 0.0126. The number of amides is 2. The Kier molecular flexibility index (Phi) is 7.50. The molecule has 1 aliphatic carbocycles. The van der Waals surface area contributed by atoms with Crippen molar-refractivity contribution in [1.29, 1.82) is 0 Å². The molecule has 5 heteroatoms. The summed E-state index contributed by atoms with van der Waals surface area (Å²) in [5.74, 6) is -0.0895. The molecule has 2 unspecified atom stereocenters. The molecule has 3 aliphatic rings. The first kappa shape index (κ1) is 25.3. The van der Waals surface area contributed by atoms with Crippen molar-refractivity contribution in [2.45, 2.75) is 65.0 Å². The molecule has 5 rings (SSSR count). The van der Waals surface area contributed by atoms with Crippen molar-refractivity contribution in [2.24, 2.45) is 11.8 Å². The van der Waals surface area contributed by atoms with Crippen molar-refractivity contribution < 1.29 is 9.59 Å². The quantitative estimate of drug-likeness (QED) is 0.529. The molecular formula is C32H39N3O2. The Labute approximate surface area is 221 Å². The number of nitrogens with zero attached hydrogens (tertiary/aromatic N) is 2. The summed E-state index contributed by atoms with van der Waals surface area (Å²) in [5, 5.41) is 3.24. The molecule has 2 fully saturated rings. The maximum Gasteiger partial charge on any atom is 0.254 e. The molecule has 0 saturated carbocycles. The van der Waals surface area contributed by atoms with Gasteiger partial charge in [0.25, 0.3) is 5.91 Å². The summed E-state index contributed by atoms with van der Waals surface area (Å²) < 4.78 is 0. The number of benzene rings is 2. The third kappa shape index (κ3) is 5.22. The molecule has 0 radical (unpaired) electrons. The molecule has 0 bridgehead atoms. The van der Waals surface area contributed by atoms with Crippen LogP contribution in [0.2, 0.25) is 0 Å². The van der Waals surface area contributed by atoms with E-state index in [0.29, 0.717) is 12.6 Å². The molecule has 1 N–H and O–H groups in total. The van der Waals surface area contributed by atoms with Gasteiger partial charge in [-0.3, -0.25) is 9.59 Å². The lowest BCUT2D eigenvalue weighted by Crippen LogP contribution is -2.55. The Hall–Kier alpha value is -3.34. The van der Waals surface area contributed by atoms with Gasteiger partial charge in [0.1, 0.15) is 0 Å². The highest BCUT2D eigenvalue weighted by molar-refractivity contribution is 5.99. The molecular weight excluding hydrogens is 458 g/mol. The number of anilines is 2. The summed E-state index contributed by atoms with van der Waals surface area (Å²) in [5.41, 5.74) is 4.74. The number of rotatable bonds is 5. The lowest BCUT2D eigenvalue weighted by atomic mass is 9.77. The Balaban J connectivity index is 1.42. The van der Waals surface area contributed by atoms with Crippen LogP contribution in [0.25, 0.3) is 0 Å². The van der Waals surface area contributed by atoms with Gasteiger partial charge in [-0.1, -0.05) is 48.6 Å². The molecule has 37 heavy (non-hydrogen) atoms. The molecule has 2 aromatic carbocycles. The number of carbonyl (C=O) groups is 2. The van der Waals surface area contributed by atoms with Crippen LogP contribution in [0.5, 0.6) is 0 Å². The molecule has 2 amide bonds. The SMILES string of the molecule is Cc1cccc(C)c1C(=O)N1CCC[C@H](C(=O)Nc2cccc(N3CCCC3C)c2)[C@@H]1C1C=CC=CC1. The first-order valence-corrected chi connectivity index (χ1v) is 13.8. The van der Waals surface area contributed by atoms with Gasteiger partial charge in [-0.15, -0.1) is 0 Å². The van der Waals surface area contributed by atoms with Crippen molar-refractivity contribution in [2.75, 3.05) is 23.3 Å². The van der Waals surface area contributed by atoms with Crippen LogP contribution in [-0.4, -0.2) is 41.9 Å². The predicted octanol–water partition coefficient (Wildman–Crippen LogP) is 6.28. The molecule has 2 aliphatic heterocycles. The Morgan fingerprint density at radius 1 is 0.946 bits per heavy atom. The van der Waals surface area contributed by atoms with E-state index in [-0.39, 0.29) is 29.7 Å². The summed E-state index contributed by atoms with van der Waals surface area (Å²) in [4.78, 5) is 32.3. The summed E-state index contributed by atoms with van der Waals surface area (Å²) in [7, 11) is 0. The third-order valence-electron chi connectivity index (χ3n) is 8.43. The molecule has 0 spiro atoms. The van der Waals surface area contributed by atoms with Crippen molar-refractivity contribution in [1.82, 2.24) is 4.90 Å². The van der Waals surface area contributed by atoms with Crippen LogP contribution in [0.3, 0.4) is 0 Å².